The first-order chi connectivity index (χ1) is 8.19. The molecule has 17 heavy (non-hydrogen) atoms. The fourth-order valence-corrected chi connectivity index (χ4v) is 1.53. The second kappa shape index (κ2) is 4.78. The summed E-state index contributed by atoms with van der Waals surface area (Å²) in [4.78, 5) is 20.0. The Labute approximate surface area is 99.2 Å². The molecule has 0 atom stereocenters. The second-order valence-corrected chi connectivity index (χ2v) is 3.78. The summed E-state index contributed by atoms with van der Waals surface area (Å²) in [7, 11) is 1.85. The number of nitrogens with zero attached hydrogens (tertiary/aromatic N) is 3. The molecule has 1 N–H and O–H groups in total. The molecule has 0 saturated heterocycles. The van der Waals surface area contributed by atoms with Crippen LogP contribution in [0.2, 0.25) is 0 Å². The molecule has 0 unspecified atom stereocenters. The minimum absolute atomic E-state index is 0.0610. The highest BCUT2D eigenvalue weighted by molar-refractivity contribution is 5.42. The molecule has 0 amide bonds. The third-order valence-corrected chi connectivity index (χ3v) is 2.45. The lowest BCUT2D eigenvalue weighted by Gasteiger charge is -2.06. The molecular weight excluding hydrogens is 216 g/mol. The van der Waals surface area contributed by atoms with Crippen LogP contribution >= 0.6 is 0 Å². The maximum atomic E-state index is 11.7. The Kier molecular flexibility index (Phi) is 3.18. The highest BCUT2D eigenvalue weighted by atomic mass is 16.1. The maximum absolute atomic E-state index is 11.7. The van der Waals surface area contributed by atoms with Crippen LogP contribution in [0.1, 0.15) is 11.4 Å². The summed E-state index contributed by atoms with van der Waals surface area (Å²) in [5.74, 6) is 0. The quantitative estimate of drug-likeness (QED) is 0.855. The van der Waals surface area contributed by atoms with E-state index in [2.05, 4.69) is 15.3 Å². The van der Waals surface area contributed by atoms with Gasteiger partial charge in [0.1, 0.15) is 0 Å². The van der Waals surface area contributed by atoms with Gasteiger partial charge in [0, 0.05) is 30.7 Å². The zero-order chi connectivity index (χ0) is 12.3. The van der Waals surface area contributed by atoms with Crippen LogP contribution in [0.25, 0.3) is 0 Å². The van der Waals surface area contributed by atoms with E-state index in [0.717, 1.165) is 17.1 Å². The molecule has 2 aromatic heterocycles. The van der Waals surface area contributed by atoms with Crippen LogP contribution < -0.4 is 10.9 Å². The summed E-state index contributed by atoms with van der Waals surface area (Å²) in [6, 6.07) is 5.30. The minimum atomic E-state index is -0.0610. The van der Waals surface area contributed by atoms with Crippen LogP contribution in [0.3, 0.4) is 0 Å². The Morgan fingerprint density at radius 2 is 2.18 bits per heavy atom. The van der Waals surface area contributed by atoms with Gasteiger partial charge < -0.3 is 5.32 Å². The molecule has 2 rings (SSSR count). The summed E-state index contributed by atoms with van der Waals surface area (Å²) >= 11 is 0. The third-order valence-electron chi connectivity index (χ3n) is 2.45. The van der Waals surface area contributed by atoms with Gasteiger partial charge in [-0.15, -0.1) is 0 Å². The van der Waals surface area contributed by atoms with Gasteiger partial charge in [0.2, 0.25) is 0 Å². The summed E-state index contributed by atoms with van der Waals surface area (Å²) in [5, 5.41) is 3.03. The Balaban J connectivity index is 2.28. The van der Waals surface area contributed by atoms with Crippen LogP contribution in [0.4, 0.5) is 5.69 Å². The average Bonchev–Trinajstić information content (AvgIpc) is 2.33. The molecule has 0 aliphatic rings. The van der Waals surface area contributed by atoms with Crippen molar-refractivity contribution in [3.8, 4) is 0 Å². The number of aryl methyl sites for hydroxylation is 1. The number of anilines is 1. The summed E-state index contributed by atoms with van der Waals surface area (Å²) < 4.78 is 1.54. The van der Waals surface area contributed by atoms with Gasteiger partial charge in [-0.1, -0.05) is 0 Å². The molecule has 0 saturated carbocycles. The molecule has 0 aliphatic heterocycles. The number of hydrogen-bond donors (Lipinski definition) is 1. The highest BCUT2D eigenvalue weighted by Gasteiger charge is 2.01. The van der Waals surface area contributed by atoms with Crippen molar-refractivity contribution in [1.82, 2.24) is 14.5 Å². The summed E-state index contributed by atoms with van der Waals surface area (Å²) in [6.45, 7) is 2.23. The van der Waals surface area contributed by atoms with Gasteiger partial charge in [0.15, 0.2) is 0 Å². The lowest BCUT2D eigenvalue weighted by Crippen LogP contribution is -2.21. The number of aromatic nitrogens is 3. The SMILES string of the molecule is CNc1ccnc(Cn2cnc(C)cc2=O)c1. The molecule has 2 heterocycles. The van der Waals surface area contributed by atoms with Gasteiger partial charge in [-0.3, -0.25) is 14.3 Å². The molecule has 0 aromatic carbocycles. The van der Waals surface area contributed by atoms with Crippen LogP contribution in [0.15, 0.2) is 35.5 Å². The smallest absolute Gasteiger partial charge is 0.253 e. The zero-order valence-corrected chi connectivity index (χ0v) is 9.84. The van der Waals surface area contributed by atoms with Crippen molar-refractivity contribution < 1.29 is 0 Å². The van der Waals surface area contributed by atoms with E-state index in [0.29, 0.717) is 6.54 Å². The van der Waals surface area contributed by atoms with Crippen molar-refractivity contribution in [2.45, 2.75) is 13.5 Å². The van der Waals surface area contributed by atoms with Crippen LogP contribution in [-0.4, -0.2) is 21.6 Å². The molecule has 0 aliphatic carbocycles. The second-order valence-electron chi connectivity index (χ2n) is 3.78. The molecule has 0 fully saturated rings. The molecule has 5 nitrogen and oxygen atoms in total. The third kappa shape index (κ3) is 2.69. The lowest BCUT2D eigenvalue weighted by molar-refractivity contribution is 0.714. The van der Waals surface area contributed by atoms with Crippen LogP contribution in [0, 0.1) is 6.92 Å². The topological polar surface area (TPSA) is 59.8 Å². The molecule has 0 spiro atoms. The molecule has 2 aromatic rings. The minimum Gasteiger partial charge on any atom is -0.388 e. The largest absolute Gasteiger partial charge is 0.388 e. The number of rotatable bonds is 3. The predicted molar refractivity (Wildman–Crippen MR) is 66.1 cm³/mol. The van der Waals surface area contributed by atoms with Crippen molar-refractivity contribution in [3.63, 3.8) is 0 Å². The van der Waals surface area contributed by atoms with Crippen molar-refractivity contribution in [3.05, 3.63) is 52.5 Å². The van der Waals surface area contributed by atoms with E-state index in [-0.39, 0.29) is 5.56 Å². The summed E-state index contributed by atoms with van der Waals surface area (Å²) in [6.07, 6.45) is 3.26. The van der Waals surface area contributed by atoms with E-state index >= 15 is 0 Å². The van der Waals surface area contributed by atoms with E-state index in [4.69, 9.17) is 0 Å². The number of nitrogens with one attached hydrogen (secondary N) is 1. The van der Waals surface area contributed by atoms with Crippen molar-refractivity contribution in [2.75, 3.05) is 12.4 Å². The zero-order valence-electron chi connectivity index (χ0n) is 9.84. The Hall–Kier alpha value is -2.17. The van der Waals surface area contributed by atoms with Crippen LogP contribution in [0.5, 0.6) is 0 Å². The van der Waals surface area contributed by atoms with Gasteiger partial charge in [0.05, 0.1) is 18.6 Å². The first-order valence-corrected chi connectivity index (χ1v) is 5.35. The van der Waals surface area contributed by atoms with Gasteiger partial charge in [-0.05, 0) is 19.1 Å². The van der Waals surface area contributed by atoms with Crippen molar-refractivity contribution in [1.29, 1.82) is 0 Å². The van der Waals surface area contributed by atoms with Gasteiger partial charge in [0.25, 0.3) is 5.56 Å². The number of hydrogen-bond acceptors (Lipinski definition) is 4. The fourth-order valence-electron chi connectivity index (χ4n) is 1.53. The van der Waals surface area contributed by atoms with E-state index in [9.17, 15) is 4.79 Å². The molecule has 0 radical (unpaired) electrons. The van der Waals surface area contributed by atoms with E-state index < -0.39 is 0 Å². The normalized spacial score (nSPS) is 10.2. The van der Waals surface area contributed by atoms with Gasteiger partial charge in [-0.25, -0.2) is 4.98 Å². The maximum Gasteiger partial charge on any atom is 0.253 e. The van der Waals surface area contributed by atoms with Crippen molar-refractivity contribution >= 4 is 5.69 Å². The average molecular weight is 230 g/mol. The fraction of sp³-hybridized carbons (Fsp3) is 0.250. The van der Waals surface area contributed by atoms with E-state index in [1.165, 1.54) is 10.6 Å². The molecular formula is C12H14N4O. The molecule has 0 bridgehead atoms. The first-order valence-electron chi connectivity index (χ1n) is 5.35. The monoisotopic (exact) mass is 230 g/mol. The van der Waals surface area contributed by atoms with E-state index in [1.54, 1.807) is 19.4 Å². The Bertz CT molecular complexity index is 577. The summed E-state index contributed by atoms with van der Waals surface area (Å²) in [5.41, 5.74) is 2.46. The van der Waals surface area contributed by atoms with Crippen molar-refractivity contribution in [2.24, 2.45) is 0 Å². The standard InChI is InChI=1S/C12H14N4O/c1-9-5-12(17)16(8-15-9)7-11-6-10(13-2)3-4-14-11/h3-6,8H,7H2,1-2H3,(H,13,14). The van der Waals surface area contributed by atoms with Gasteiger partial charge in [-0.2, -0.15) is 0 Å². The Morgan fingerprint density at radius 3 is 2.88 bits per heavy atom. The first kappa shape index (κ1) is 11.3. The van der Waals surface area contributed by atoms with Gasteiger partial charge >= 0.3 is 0 Å². The lowest BCUT2D eigenvalue weighted by atomic mass is 10.3. The Morgan fingerprint density at radius 1 is 1.35 bits per heavy atom. The number of pyridine rings is 1. The molecule has 88 valence electrons. The van der Waals surface area contributed by atoms with E-state index in [1.807, 2.05) is 19.2 Å². The predicted octanol–water partition coefficient (Wildman–Crippen LogP) is 1.04. The molecule has 5 heteroatoms. The highest BCUT2D eigenvalue weighted by Crippen LogP contribution is 2.07. The van der Waals surface area contributed by atoms with Crippen LogP contribution in [-0.2, 0) is 6.54 Å².